The maximum atomic E-state index is 12.7. The number of nitrogens with zero attached hydrogens (tertiary/aromatic N) is 1. The van der Waals surface area contributed by atoms with E-state index in [0.29, 0.717) is 30.1 Å². The first-order valence-corrected chi connectivity index (χ1v) is 9.54. The van der Waals surface area contributed by atoms with E-state index in [9.17, 15) is 8.42 Å². The first-order chi connectivity index (χ1) is 8.96. The summed E-state index contributed by atoms with van der Waals surface area (Å²) in [4.78, 5) is 1.32. The molecule has 2 saturated heterocycles. The van der Waals surface area contributed by atoms with Gasteiger partial charge in [0.1, 0.15) is 0 Å². The summed E-state index contributed by atoms with van der Waals surface area (Å²) < 4.78 is 28.0. The summed E-state index contributed by atoms with van der Waals surface area (Å²) in [5.41, 5.74) is 0. The van der Waals surface area contributed by atoms with Gasteiger partial charge in [0.25, 0.3) is 0 Å². The molecule has 2 aliphatic heterocycles. The summed E-state index contributed by atoms with van der Waals surface area (Å²) in [5.74, 6) is 0. The van der Waals surface area contributed by atoms with Crippen molar-refractivity contribution in [1.29, 1.82) is 0 Å². The fourth-order valence-corrected chi connectivity index (χ4v) is 6.84. The molecule has 3 heterocycles. The van der Waals surface area contributed by atoms with Gasteiger partial charge in [0, 0.05) is 30.1 Å². The Kier molecular flexibility index (Phi) is 3.77. The molecule has 0 radical (unpaired) electrons. The molecule has 0 saturated carbocycles. The second-order valence-electron chi connectivity index (χ2n) is 5.26. The lowest BCUT2D eigenvalue weighted by Gasteiger charge is -2.23. The summed E-state index contributed by atoms with van der Waals surface area (Å²) in [5, 5.41) is 3.51. The van der Waals surface area contributed by atoms with E-state index in [-0.39, 0.29) is 0 Å². The Labute approximate surface area is 126 Å². The molecule has 1 aromatic rings. The number of hydrogen-bond donors (Lipinski definition) is 1. The van der Waals surface area contributed by atoms with Crippen molar-refractivity contribution in [2.24, 2.45) is 0 Å². The molecule has 3 rings (SSSR count). The van der Waals surface area contributed by atoms with Gasteiger partial charge in [0.05, 0.1) is 8.68 Å². The minimum absolute atomic E-state index is 0.324. The third-order valence-corrected chi connectivity index (χ3v) is 7.62. The van der Waals surface area contributed by atoms with Crippen LogP contribution in [0.5, 0.6) is 0 Å². The number of thiophene rings is 1. The third kappa shape index (κ3) is 2.63. The Morgan fingerprint density at radius 2 is 2.11 bits per heavy atom. The van der Waals surface area contributed by atoms with Crippen LogP contribution in [-0.4, -0.2) is 37.9 Å². The number of sulfonamides is 1. The zero-order chi connectivity index (χ0) is 13.6. The van der Waals surface area contributed by atoms with Gasteiger partial charge in [0.2, 0.25) is 10.0 Å². The molecule has 1 aromatic heterocycles. The first-order valence-electron chi connectivity index (χ1n) is 6.49. The fraction of sp³-hybridized carbons (Fsp3) is 0.667. The molecule has 1 N–H and O–H groups in total. The van der Waals surface area contributed by atoms with Crippen LogP contribution in [0.2, 0.25) is 0 Å². The van der Waals surface area contributed by atoms with Crippen molar-refractivity contribution in [2.45, 2.75) is 43.2 Å². The van der Waals surface area contributed by atoms with Crippen molar-refractivity contribution < 1.29 is 8.42 Å². The number of hydrogen-bond acceptors (Lipinski definition) is 4. The monoisotopic (exact) mass is 364 g/mol. The van der Waals surface area contributed by atoms with Crippen LogP contribution >= 0.6 is 27.3 Å². The van der Waals surface area contributed by atoms with E-state index in [2.05, 4.69) is 21.2 Å². The van der Waals surface area contributed by atoms with Gasteiger partial charge < -0.3 is 5.32 Å². The maximum Gasteiger partial charge on any atom is 0.244 e. The zero-order valence-electron chi connectivity index (χ0n) is 10.7. The summed E-state index contributed by atoms with van der Waals surface area (Å²) in [6, 6.07) is 2.55. The molecule has 7 heteroatoms. The summed E-state index contributed by atoms with van der Waals surface area (Å²) in [6.45, 7) is 3.10. The molecule has 19 heavy (non-hydrogen) atoms. The lowest BCUT2D eigenvalue weighted by atomic mass is 10.1. The molecule has 2 bridgehead atoms. The normalized spacial score (nSPS) is 28.5. The standard InChI is InChI=1S/C12H17BrN2O2S2/c1-8-11(6-12(13)18-8)19(16,17)15-5-4-9-2-3-10(7-15)14-9/h6,9-10,14H,2-5,7H2,1H3. The Morgan fingerprint density at radius 1 is 1.37 bits per heavy atom. The summed E-state index contributed by atoms with van der Waals surface area (Å²) >= 11 is 4.85. The van der Waals surface area contributed by atoms with E-state index in [1.54, 1.807) is 10.4 Å². The van der Waals surface area contributed by atoms with Crippen LogP contribution in [0, 0.1) is 6.92 Å². The summed E-state index contributed by atoms with van der Waals surface area (Å²) in [6.07, 6.45) is 3.19. The Hall–Kier alpha value is 0.0500. The minimum Gasteiger partial charge on any atom is -0.310 e. The predicted molar refractivity (Wildman–Crippen MR) is 80.1 cm³/mol. The quantitative estimate of drug-likeness (QED) is 0.875. The van der Waals surface area contributed by atoms with Crippen molar-refractivity contribution in [3.63, 3.8) is 0 Å². The smallest absolute Gasteiger partial charge is 0.244 e. The minimum atomic E-state index is -3.34. The molecule has 0 amide bonds. The molecule has 0 aliphatic carbocycles. The summed E-state index contributed by atoms with van der Waals surface area (Å²) in [7, 11) is -3.34. The molecular formula is C12H17BrN2O2S2. The van der Waals surface area contributed by atoms with Gasteiger partial charge in [0.15, 0.2) is 0 Å². The van der Waals surface area contributed by atoms with Crippen molar-refractivity contribution >= 4 is 37.3 Å². The Bertz CT molecular complexity index is 585. The zero-order valence-corrected chi connectivity index (χ0v) is 13.9. The number of rotatable bonds is 2. The van der Waals surface area contributed by atoms with Crippen molar-refractivity contribution in [3.05, 3.63) is 14.7 Å². The topological polar surface area (TPSA) is 49.4 Å². The highest BCUT2D eigenvalue weighted by Gasteiger charge is 2.35. The van der Waals surface area contributed by atoms with E-state index >= 15 is 0 Å². The molecule has 2 atom stereocenters. The van der Waals surface area contributed by atoms with Crippen LogP contribution < -0.4 is 5.32 Å². The third-order valence-electron chi connectivity index (χ3n) is 3.95. The van der Waals surface area contributed by atoms with Crippen LogP contribution in [0.3, 0.4) is 0 Å². The van der Waals surface area contributed by atoms with Gasteiger partial charge in [-0.1, -0.05) is 0 Å². The van der Waals surface area contributed by atoms with Crippen LogP contribution in [-0.2, 0) is 10.0 Å². The van der Waals surface area contributed by atoms with E-state index < -0.39 is 10.0 Å². The van der Waals surface area contributed by atoms with Gasteiger partial charge >= 0.3 is 0 Å². The second-order valence-corrected chi connectivity index (χ2v) is 9.80. The Balaban J connectivity index is 1.90. The average molecular weight is 365 g/mol. The van der Waals surface area contributed by atoms with Crippen molar-refractivity contribution in [1.82, 2.24) is 9.62 Å². The molecular weight excluding hydrogens is 348 g/mol. The number of halogens is 1. The average Bonchev–Trinajstić information content (AvgIpc) is 2.81. The van der Waals surface area contributed by atoms with Gasteiger partial charge in [-0.15, -0.1) is 11.3 Å². The number of fused-ring (bicyclic) bond motifs is 2. The van der Waals surface area contributed by atoms with Gasteiger partial charge in [-0.05, 0) is 48.2 Å². The lowest BCUT2D eigenvalue weighted by molar-refractivity contribution is 0.383. The predicted octanol–water partition coefficient (Wildman–Crippen LogP) is 2.33. The second kappa shape index (κ2) is 5.11. The van der Waals surface area contributed by atoms with Gasteiger partial charge in [-0.3, -0.25) is 0 Å². The van der Waals surface area contributed by atoms with Crippen LogP contribution in [0.4, 0.5) is 0 Å². The fourth-order valence-electron chi connectivity index (χ4n) is 2.96. The Morgan fingerprint density at radius 3 is 2.79 bits per heavy atom. The van der Waals surface area contributed by atoms with Crippen molar-refractivity contribution in [3.8, 4) is 0 Å². The van der Waals surface area contributed by atoms with E-state index in [1.165, 1.54) is 17.8 Å². The molecule has 4 nitrogen and oxygen atoms in total. The van der Waals surface area contributed by atoms with Crippen LogP contribution in [0.25, 0.3) is 0 Å². The highest BCUT2D eigenvalue weighted by molar-refractivity contribution is 9.11. The van der Waals surface area contributed by atoms with Crippen molar-refractivity contribution in [2.75, 3.05) is 13.1 Å². The van der Waals surface area contributed by atoms with Crippen LogP contribution in [0.1, 0.15) is 24.1 Å². The van der Waals surface area contributed by atoms with E-state index in [4.69, 9.17) is 0 Å². The van der Waals surface area contributed by atoms with E-state index in [0.717, 1.165) is 21.5 Å². The van der Waals surface area contributed by atoms with E-state index in [1.807, 2.05) is 6.92 Å². The highest BCUT2D eigenvalue weighted by Crippen LogP contribution is 2.33. The number of aryl methyl sites for hydroxylation is 1. The molecule has 2 unspecified atom stereocenters. The molecule has 0 spiro atoms. The molecule has 0 aromatic carbocycles. The first kappa shape index (κ1) is 14.0. The number of nitrogens with one attached hydrogen (secondary N) is 1. The highest BCUT2D eigenvalue weighted by atomic mass is 79.9. The lowest BCUT2D eigenvalue weighted by Crippen LogP contribution is -2.39. The molecule has 2 aliphatic rings. The largest absolute Gasteiger partial charge is 0.310 e. The van der Waals surface area contributed by atoms with Gasteiger partial charge in [-0.2, -0.15) is 4.31 Å². The SMILES string of the molecule is Cc1sc(Br)cc1S(=O)(=O)N1CCC2CCC(C1)N2. The van der Waals surface area contributed by atoms with Gasteiger partial charge in [-0.25, -0.2) is 8.42 Å². The molecule has 106 valence electrons. The molecule has 2 fully saturated rings. The maximum absolute atomic E-state index is 12.7. The van der Waals surface area contributed by atoms with Crippen LogP contribution in [0.15, 0.2) is 14.7 Å².